The second kappa shape index (κ2) is 7.24. The van der Waals surface area contributed by atoms with E-state index in [1.165, 1.54) is 10.9 Å². The topological polar surface area (TPSA) is 104 Å². The van der Waals surface area contributed by atoms with Crippen molar-refractivity contribution in [3.63, 3.8) is 0 Å². The molecule has 0 N–H and O–H groups in total. The minimum absolute atomic E-state index is 0.00554. The van der Waals surface area contributed by atoms with Gasteiger partial charge in [0.2, 0.25) is 0 Å². The second-order valence-corrected chi connectivity index (χ2v) is 11.0. The molecule has 0 aliphatic carbocycles. The van der Waals surface area contributed by atoms with E-state index in [1.54, 1.807) is 0 Å². The summed E-state index contributed by atoms with van der Waals surface area (Å²) in [6.07, 6.45) is 1.68. The molecule has 0 amide bonds. The van der Waals surface area contributed by atoms with Gasteiger partial charge in [-0.1, -0.05) is 18.2 Å². The number of halogens is 1. The fraction of sp³-hybridized carbons (Fsp3) is 0.286. The number of oxazole rings is 1. The molecule has 1 atom stereocenters. The molecule has 1 aliphatic heterocycles. The third kappa shape index (κ3) is 3.51. The Hall–Kier alpha value is -3.05. The van der Waals surface area contributed by atoms with Crippen LogP contribution in [-0.2, 0) is 15.6 Å². The van der Waals surface area contributed by atoms with Gasteiger partial charge in [-0.2, -0.15) is 4.37 Å². The molecule has 0 spiro atoms. The number of aromatic nitrogens is 3. The van der Waals surface area contributed by atoms with Crippen molar-refractivity contribution in [3.8, 4) is 5.75 Å². The molecule has 11 heteroatoms. The van der Waals surface area contributed by atoms with Crippen LogP contribution in [-0.4, -0.2) is 27.9 Å². The fourth-order valence-electron chi connectivity index (χ4n) is 4.06. The lowest BCUT2D eigenvalue weighted by atomic mass is 9.89. The Labute approximate surface area is 186 Å². The standard InChI is InChI=1S/C21H18FN3O5S2/c1-21(2)9-15(12-5-3-4-6-16(12)30-21)25-14-7-13(22)18(8-17(14)29-20(25)26)32(27,28)10-19-23-11-24-31-19/h3-8,11,15H,9-10H2,1-2H3. The van der Waals surface area contributed by atoms with Crippen molar-refractivity contribution in [2.24, 2.45) is 0 Å². The van der Waals surface area contributed by atoms with E-state index in [4.69, 9.17) is 9.15 Å². The summed E-state index contributed by atoms with van der Waals surface area (Å²) in [7, 11) is -4.06. The molecule has 1 unspecified atom stereocenters. The van der Waals surface area contributed by atoms with Gasteiger partial charge in [-0.3, -0.25) is 4.57 Å². The maximum absolute atomic E-state index is 15.1. The maximum atomic E-state index is 15.1. The summed E-state index contributed by atoms with van der Waals surface area (Å²) in [6.45, 7) is 3.81. The van der Waals surface area contributed by atoms with Gasteiger partial charge in [0.25, 0.3) is 0 Å². The van der Waals surface area contributed by atoms with Crippen molar-refractivity contribution in [2.45, 2.75) is 42.6 Å². The summed E-state index contributed by atoms with van der Waals surface area (Å²) in [5.74, 6) is -1.52. The molecular weight excluding hydrogens is 457 g/mol. The summed E-state index contributed by atoms with van der Waals surface area (Å²) in [4.78, 5) is 16.2. The van der Waals surface area contributed by atoms with Gasteiger partial charge in [-0.15, -0.1) is 0 Å². The minimum atomic E-state index is -4.06. The summed E-state index contributed by atoms with van der Waals surface area (Å²) in [5, 5.41) is 0.240. The molecule has 3 heterocycles. The summed E-state index contributed by atoms with van der Waals surface area (Å²) in [6, 6.07) is 8.97. The highest BCUT2D eigenvalue weighted by atomic mass is 32.2. The molecule has 2 aromatic carbocycles. The molecule has 1 aliphatic rings. The van der Waals surface area contributed by atoms with Crippen LogP contribution in [0.5, 0.6) is 5.75 Å². The molecule has 0 saturated carbocycles. The Balaban J connectivity index is 1.65. The molecule has 0 radical (unpaired) electrons. The predicted molar refractivity (Wildman–Crippen MR) is 115 cm³/mol. The Morgan fingerprint density at radius 2 is 2.06 bits per heavy atom. The number of hydrogen-bond donors (Lipinski definition) is 0. The number of benzene rings is 2. The molecular formula is C21H18FN3O5S2. The average Bonchev–Trinajstić information content (AvgIpc) is 3.32. The van der Waals surface area contributed by atoms with E-state index in [0.717, 1.165) is 29.2 Å². The number of nitrogens with zero attached hydrogens (tertiary/aromatic N) is 3. The molecule has 32 heavy (non-hydrogen) atoms. The number of ether oxygens (including phenoxy) is 1. The van der Waals surface area contributed by atoms with Gasteiger partial charge < -0.3 is 9.15 Å². The van der Waals surface area contributed by atoms with Crippen LogP contribution in [0.1, 0.15) is 36.9 Å². The third-order valence-corrected chi connectivity index (χ3v) is 7.86. The summed E-state index contributed by atoms with van der Waals surface area (Å²) < 4.78 is 57.1. The lowest BCUT2D eigenvalue weighted by molar-refractivity contribution is 0.0666. The second-order valence-electron chi connectivity index (χ2n) is 8.20. The molecule has 0 bridgehead atoms. The van der Waals surface area contributed by atoms with Crippen LogP contribution in [0.3, 0.4) is 0 Å². The van der Waals surface area contributed by atoms with Crippen LogP contribution >= 0.6 is 11.5 Å². The van der Waals surface area contributed by atoms with Gasteiger partial charge in [-0.05, 0) is 31.4 Å². The van der Waals surface area contributed by atoms with E-state index in [0.29, 0.717) is 12.2 Å². The van der Waals surface area contributed by atoms with Crippen molar-refractivity contribution in [1.29, 1.82) is 0 Å². The highest BCUT2D eigenvalue weighted by Gasteiger charge is 2.37. The Morgan fingerprint density at radius 3 is 2.81 bits per heavy atom. The Bertz CT molecular complexity index is 1490. The first-order chi connectivity index (χ1) is 15.1. The zero-order chi connectivity index (χ0) is 22.7. The largest absolute Gasteiger partial charge is 0.487 e. The van der Waals surface area contributed by atoms with Crippen LogP contribution in [0.25, 0.3) is 11.1 Å². The predicted octanol–water partition coefficient (Wildman–Crippen LogP) is 3.71. The van der Waals surface area contributed by atoms with Gasteiger partial charge >= 0.3 is 5.76 Å². The van der Waals surface area contributed by atoms with Crippen molar-refractivity contribution in [2.75, 3.05) is 0 Å². The number of sulfone groups is 1. The van der Waals surface area contributed by atoms with Gasteiger partial charge in [0.05, 0.1) is 11.6 Å². The normalized spacial score (nSPS) is 17.8. The van der Waals surface area contributed by atoms with Crippen molar-refractivity contribution >= 4 is 32.5 Å². The molecule has 166 valence electrons. The lowest BCUT2D eigenvalue weighted by Gasteiger charge is -2.37. The molecule has 5 rings (SSSR count). The molecule has 0 fully saturated rings. The molecule has 0 saturated heterocycles. The summed E-state index contributed by atoms with van der Waals surface area (Å²) in [5.41, 5.74) is 0.366. The van der Waals surface area contributed by atoms with Crippen LogP contribution in [0.15, 0.2) is 56.8 Å². The molecule has 2 aromatic heterocycles. The zero-order valence-electron chi connectivity index (χ0n) is 17.1. The number of fused-ring (bicyclic) bond motifs is 2. The van der Waals surface area contributed by atoms with E-state index in [1.807, 2.05) is 38.1 Å². The molecule has 8 nitrogen and oxygen atoms in total. The SMILES string of the molecule is CC1(C)CC(n2c(=O)oc3cc(S(=O)(=O)Cc4ncns4)c(F)cc32)c2ccccc2O1. The quantitative estimate of drug-likeness (QED) is 0.443. The van der Waals surface area contributed by atoms with Crippen molar-refractivity contribution in [1.82, 2.24) is 13.9 Å². The van der Waals surface area contributed by atoms with Crippen molar-refractivity contribution in [3.05, 3.63) is 69.7 Å². The van der Waals surface area contributed by atoms with Gasteiger partial charge in [0.1, 0.15) is 39.2 Å². The van der Waals surface area contributed by atoms with E-state index in [9.17, 15) is 13.2 Å². The van der Waals surface area contributed by atoms with E-state index >= 15 is 4.39 Å². The average molecular weight is 476 g/mol. The smallest absolute Gasteiger partial charge is 0.420 e. The highest BCUT2D eigenvalue weighted by molar-refractivity contribution is 7.90. The molecule has 4 aromatic rings. The van der Waals surface area contributed by atoms with E-state index in [-0.39, 0.29) is 16.1 Å². The Kier molecular flexibility index (Phi) is 4.71. The zero-order valence-corrected chi connectivity index (χ0v) is 18.7. The first-order valence-electron chi connectivity index (χ1n) is 9.75. The van der Waals surface area contributed by atoms with Gasteiger partial charge in [-0.25, -0.2) is 22.6 Å². The monoisotopic (exact) mass is 475 g/mol. The number of para-hydroxylation sites is 1. The van der Waals surface area contributed by atoms with Gasteiger partial charge in [0, 0.05) is 24.1 Å². The maximum Gasteiger partial charge on any atom is 0.420 e. The van der Waals surface area contributed by atoms with Crippen LogP contribution in [0, 0.1) is 5.82 Å². The van der Waals surface area contributed by atoms with Gasteiger partial charge in [0.15, 0.2) is 15.4 Å². The van der Waals surface area contributed by atoms with Crippen LogP contribution < -0.4 is 10.5 Å². The van der Waals surface area contributed by atoms with Crippen LogP contribution in [0.2, 0.25) is 0 Å². The van der Waals surface area contributed by atoms with Crippen molar-refractivity contribution < 1.29 is 22.0 Å². The number of hydrogen-bond acceptors (Lipinski definition) is 8. The fourth-order valence-corrected chi connectivity index (χ4v) is 6.25. The van der Waals surface area contributed by atoms with E-state index in [2.05, 4.69) is 9.36 Å². The third-order valence-electron chi connectivity index (χ3n) is 5.38. The first-order valence-corrected chi connectivity index (χ1v) is 12.2. The van der Waals surface area contributed by atoms with Crippen LogP contribution in [0.4, 0.5) is 4.39 Å². The summed E-state index contributed by atoms with van der Waals surface area (Å²) >= 11 is 0.920. The minimum Gasteiger partial charge on any atom is -0.487 e. The van der Waals surface area contributed by atoms with E-state index < -0.39 is 43.7 Å². The Morgan fingerprint density at radius 1 is 1.28 bits per heavy atom. The first kappa shape index (κ1) is 20.8. The highest BCUT2D eigenvalue weighted by Crippen LogP contribution is 2.42. The lowest BCUT2D eigenvalue weighted by Crippen LogP contribution is -2.38. The number of rotatable bonds is 4.